The molecular weight excluding hydrogens is 248 g/mol. The van der Waals surface area contributed by atoms with Gasteiger partial charge in [0.1, 0.15) is 0 Å². The number of nitrogens with one attached hydrogen (secondary N) is 2. The molecule has 104 valence electrons. The van der Waals surface area contributed by atoms with Gasteiger partial charge in [0.25, 0.3) is 0 Å². The van der Waals surface area contributed by atoms with Crippen molar-refractivity contribution in [2.75, 3.05) is 6.54 Å². The standard InChI is InChI=1S/C12H18N4O3/c1-8(3-11(17)18)4-15-12(19)16-7-10-6-13-9(2)5-14-10/h5-6,8H,3-4,7H2,1-2H3,(H,17,18)(H2,15,16,19). The van der Waals surface area contributed by atoms with Crippen LogP contribution in [-0.4, -0.2) is 33.6 Å². The molecule has 0 aliphatic heterocycles. The lowest BCUT2D eigenvalue weighted by Gasteiger charge is -2.11. The first-order chi connectivity index (χ1) is 8.97. The minimum atomic E-state index is -0.871. The fourth-order valence-electron chi connectivity index (χ4n) is 1.38. The Morgan fingerprint density at radius 2 is 2.05 bits per heavy atom. The number of hydrogen-bond donors (Lipinski definition) is 3. The average Bonchev–Trinajstić information content (AvgIpc) is 2.35. The van der Waals surface area contributed by atoms with Crippen molar-refractivity contribution in [3.63, 3.8) is 0 Å². The predicted octanol–water partition coefficient (Wildman–Crippen LogP) is 0.695. The van der Waals surface area contributed by atoms with Crippen LogP contribution in [0, 0.1) is 12.8 Å². The minimum Gasteiger partial charge on any atom is -0.481 e. The molecular formula is C12H18N4O3. The maximum atomic E-state index is 11.5. The number of aliphatic carboxylic acids is 1. The second kappa shape index (κ2) is 7.30. The monoisotopic (exact) mass is 266 g/mol. The van der Waals surface area contributed by atoms with Crippen LogP contribution in [0.1, 0.15) is 24.7 Å². The van der Waals surface area contributed by atoms with Crippen LogP contribution in [0.25, 0.3) is 0 Å². The molecule has 0 bridgehead atoms. The molecule has 0 aliphatic rings. The van der Waals surface area contributed by atoms with Crippen molar-refractivity contribution >= 4 is 12.0 Å². The minimum absolute atomic E-state index is 0.0315. The highest BCUT2D eigenvalue weighted by molar-refractivity contribution is 5.73. The van der Waals surface area contributed by atoms with Gasteiger partial charge in [0.2, 0.25) is 0 Å². The number of aryl methyl sites for hydroxylation is 1. The number of urea groups is 1. The number of carbonyl (C=O) groups is 2. The van der Waals surface area contributed by atoms with E-state index in [0.717, 1.165) is 5.69 Å². The third-order valence-electron chi connectivity index (χ3n) is 2.40. The smallest absolute Gasteiger partial charge is 0.315 e. The van der Waals surface area contributed by atoms with Crippen molar-refractivity contribution in [1.29, 1.82) is 0 Å². The van der Waals surface area contributed by atoms with E-state index in [-0.39, 0.29) is 24.9 Å². The Labute approximate surface area is 111 Å². The summed E-state index contributed by atoms with van der Waals surface area (Å²) in [5.41, 5.74) is 1.48. The Balaban J connectivity index is 2.24. The maximum absolute atomic E-state index is 11.5. The van der Waals surface area contributed by atoms with Gasteiger partial charge in [-0.1, -0.05) is 6.92 Å². The Kier molecular flexibility index (Phi) is 5.72. The van der Waals surface area contributed by atoms with Crippen LogP contribution >= 0.6 is 0 Å². The summed E-state index contributed by atoms with van der Waals surface area (Å²) in [6.07, 6.45) is 3.26. The van der Waals surface area contributed by atoms with Crippen LogP contribution in [0.2, 0.25) is 0 Å². The fraction of sp³-hybridized carbons (Fsp3) is 0.500. The van der Waals surface area contributed by atoms with Gasteiger partial charge in [0.15, 0.2) is 0 Å². The molecule has 19 heavy (non-hydrogen) atoms. The summed E-state index contributed by atoms with van der Waals surface area (Å²) in [5.74, 6) is -0.980. The third kappa shape index (κ3) is 6.35. The second-order valence-corrected chi connectivity index (χ2v) is 4.42. The van der Waals surface area contributed by atoms with Crippen LogP contribution in [0.3, 0.4) is 0 Å². The molecule has 1 aromatic heterocycles. The molecule has 1 atom stereocenters. The predicted molar refractivity (Wildman–Crippen MR) is 68.4 cm³/mol. The van der Waals surface area contributed by atoms with Crippen LogP contribution in [0.5, 0.6) is 0 Å². The number of carbonyl (C=O) groups excluding carboxylic acids is 1. The second-order valence-electron chi connectivity index (χ2n) is 4.42. The zero-order valence-electron chi connectivity index (χ0n) is 11.0. The van der Waals surface area contributed by atoms with Gasteiger partial charge in [0, 0.05) is 19.2 Å². The third-order valence-corrected chi connectivity index (χ3v) is 2.40. The van der Waals surface area contributed by atoms with E-state index in [4.69, 9.17) is 5.11 Å². The lowest BCUT2D eigenvalue weighted by atomic mass is 10.1. The van der Waals surface area contributed by atoms with Crippen LogP contribution in [0.4, 0.5) is 4.79 Å². The number of rotatable bonds is 6. The van der Waals surface area contributed by atoms with Crippen molar-refractivity contribution in [3.05, 3.63) is 23.8 Å². The molecule has 7 heteroatoms. The molecule has 1 aromatic rings. The topological polar surface area (TPSA) is 104 Å². The zero-order valence-corrected chi connectivity index (χ0v) is 11.0. The quantitative estimate of drug-likeness (QED) is 0.703. The van der Waals surface area contributed by atoms with E-state index in [0.29, 0.717) is 12.2 Å². The normalized spacial score (nSPS) is 11.7. The molecule has 1 heterocycles. The van der Waals surface area contributed by atoms with E-state index < -0.39 is 5.97 Å². The van der Waals surface area contributed by atoms with Gasteiger partial charge >= 0.3 is 12.0 Å². The van der Waals surface area contributed by atoms with Crippen molar-refractivity contribution in [3.8, 4) is 0 Å². The molecule has 0 aliphatic carbocycles. The highest BCUT2D eigenvalue weighted by Crippen LogP contribution is 1.99. The van der Waals surface area contributed by atoms with Crippen LogP contribution in [-0.2, 0) is 11.3 Å². The van der Waals surface area contributed by atoms with Gasteiger partial charge < -0.3 is 15.7 Å². The average molecular weight is 266 g/mol. The van der Waals surface area contributed by atoms with E-state index in [9.17, 15) is 9.59 Å². The number of aromatic nitrogens is 2. The van der Waals surface area contributed by atoms with E-state index in [1.807, 2.05) is 6.92 Å². The largest absolute Gasteiger partial charge is 0.481 e. The van der Waals surface area contributed by atoms with Gasteiger partial charge in [-0.05, 0) is 12.8 Å². The Morgan fingerprint density at radius 3 is 2.63 bits per heavy atom. The highest BCUT2D eigenvalue weighted by Gasteiger charge is 2.09. The Morgan fingerprint density at radius 1 is 1.32 bits per heavy atom. The van der Waals surface area contributed by atoms with Crippen molar-refractivity contribution in [1.82, 2.24) is 20.6 Å². The molecule has 0 saturated heterocycles. The van der Waals surface area contributed by atoms with Crippen LogP contribution < -0.4 is 10.6 Å². The van der Waals surface area contributed by atoms with Gasteiger partial charge in [-0.15, -0.1) is 0 Å². The number of hydrogen-bond acceptors (Lipinski definition) is 4. The molecule has 1 unspecified atom stereocenters. The number of carboxylic acid groups (broad SMARTS) is 1. The first kappa shape index (κ1) is 14.9. The SMILES string of the molecule is Cc1cnc(CNC(=O)NCC(C)CC(=O)O)cn1. The van der Waals surface area contributed by atoms with E-state index >= 15 is 0 Å². The van der Waals surface area contributed by atoms with E-state index in [2.05, 4.69) is 20.6 Å². The van der Waals surface area contributed by atoms with Gasteiger partial charge in [0.05, 0.1) is 24.1 Å². The molecule has 7 nitrogen and oxygen atoms in total. The van der Waals surface area contributed by atoms with Gasteiger partial charge in [-0.2, -0.15) is 0 Å². The molecule has 1 rings (SSSR count). The summed E-state index contributed by atoms with van der Waals surface area (Å²) in [4.78, 5) is 30.1. The zero-order chi connectivity index (χ0) is 14.3. The summed E-state index contributed by atoms with van der Waals surface area (Å²) in [6, 6.07) is -0.348. The molecule has 0 spiro atoms. The summed E-state index contributed by atoms with van der Waals surface area (Å²) < 4.78 is 0. The van der Waals surface area contributed by atoms with Crippen LogP contribution in [0.15, 0.2) is 12.4 Å². The molecule has 0 radical (unpaired) electrons. The Hall–Kier alpha value is -2.18. The summed E-state index contributed by atoms with van der Waals surface area (Å²) in [6.45, 7) is 4.20. The molecule has 0 saturated carbocycles. The lowest BCUT2D eigenvalue weighted by molar-refractivity contribution is -0.137. The first-order valence-electron chi connectivity index (χ1n) is 5.98. The molecule has 3 N–H and O–H groups in total. The van der Waals surface area contributed by atoms with Crippen molar-refractivity contribution in [2.24, 2.45) is 5.92 Å². The molecule has 0 aromatic carbocycles. The highest BCUT2D eigenvalue weighted by atomic mass is 16.4. The van der Waals surface area contributed by atoms with Crippen molar-refractivity contribution < 1.29 is 14.7 Å². The number of amides is 2. The number of nitrogens with zero attached hydrogens (tertiary/aromatic N) is 2. The first-order valence-corrected chi connectivity index (χ1v) is 5.98. The summed E-state index contributed by atoms with van der Waals surface area (Å²) >= 11 is 0. The number of carboxylic acids is 1. The molecule has 2 amide bonds. The Bertz CT molecular complexity index is 433. The fourth-order valence-corrected chi connectivity index (χ4v) is 1.38. The maximum Gasteiger partial charge on any atom is 0.315 e. The summed E-state index contributed by atoms with van der Waals surface area (Å²) in [5, 5.41) is 13.8. The van der Waals surface area contributed by atoms with Gasteiger partial charge in [-0.3, -0.25) is 14.8 Å². The lowest BCUT2D eigenvalue weighted by Crippen LogP contribution is -2.37. The van der Waals surface area contributed by atoms with E-state index in [1.165, 1.54) is 0 Å². The van der Waals surface area contributed by atoms with E-state index in [1.54, 1.807) is 19.3 Å². The molecule has 0 fully saturated rings. The summed E-state index contributed by atoms with van der Waals surface area (Å²) in [7, 11) is 0. The van der Waals surface area contributed by atoms with Crippen molar-refractivity contribution in [2.45, 2.75) is 26.8 Å². The van der Waals surface area contributed by atoms with Gasteiger partial charge in [-0.25, -0.2) is 4.79 Å².